The third-order valence-corrected chi connectivity index (χ3v) is 7.05. The molecule has 1 fully saturated rings. The first-order valence-corrected chi connectivity index (χ1v) is 13.3. The molecule has 0 unspecified atom stereocenters. The Balaban J connectivity index is 1.53. The molecule has 0 spiro atoms. The van der Waals surface area contributed by atoms with Crippen molar-refractivity contribution in [2.45, 2.75) is 38.1 Å². The number of carbonyl (C=O) groups excluding carboxylic acids is 2. The van der Waals surface area contributed by atoms with Crippen molar-refractivity contribution >= 4 is 22.8 Å². The first-order chi connectivity index (χ1) is 19.6. The van der Waals surface area contributed by atoms with Crippen LogP contribution in [0.4, 0.5) is 0 Å². The molecule has 3 aromatic carbocycles. The smallest absolute Gasteiger partial charge is 0.247 e. The molecule has 1 N–H and O–H groups in total. The quantitative estimate of drug-likeness (QED) is 0.308. The zero-order valence-corrected chi connectivity index (χ0v) is 22.7. The minimum Gasteiger partial charge on any atom is -0.497 e. The molecule has 1 aliphatic heterocycles. The van der Waals surface area contributed by atoms with Crippen LogP contribution in [0.15, 0.2) is 72.8 Å². The van der Waals surface area contributed by atoms with Gasteiger partial charge >= 0.3 is 0 Å². The van der Waals surface area contributed by atoms with E-state index in [2.05, 4.69) is 15.6 Å². The molecule has 10 nitrogen and oxygen atoms in total. The minimum absolute atomic E-state index is 0.0953. The van der Waals surface area contributed by atoms with E-state index in [1.54, 1.807) is 34.9 Å². The molecule has 1 aromatic heterocycles. The van der Waals surface area contributed by atoms with Gasteiger partial charge in [0.1, 0.15) is 29.6 Å². The number of fused-ring (bicyclic) bond motifs is 1. The van der Waals surface area contributed by atoms with E-state index in [0.717, 1.165) is 23.9 Å². The lowest BCUT2D eigenvalue weighted by atomic mass is 10.0. The Bertz CT molecular complexity index is 1450. The number of amides is 2. The Hall–Kier alpha value is -4.44. The van der Waals surface area contributed by atoms with Gasteiger partial charge in [-0.1, -0.05) is 47.7 Å². The summed E-state index contributed by atoms with van der Waals surface area (Å²) in [5.41, 5.74) is 2.88. The van der Waals surface area contributed by atoms with Crippen molar-refractivity contribution in [3.8, 4) is 11.5 Å². The number of para-hydroxylation sites is 1. The maximum atomic E-state index is 14.1. The highest BCUT2D eigenvalue weighted by Crippen LogP contribution is 2.34. The topological polar surface area (TPSA) is 108 Å². The lowest BCUT2D eigenvalue weighted by Gasteiger charge is -2.34. The second-order valence-electron chi connectivity index (χ2n) is 9.63. The summed E-state index contributed by atoms with van der Waals surface area (Å²) in [7, 11) is 3.10. The van der Waals surface area contributed by atoms with Crippen LogP contribution in [-0.2, 0) is 27.4 Å². The van der Waals surface area contributed by atoms with Crippen molar-refractivity contribution in [3.63, 3.8) is 0 Å². The standard InChI is InChI=1S/C30H33N5O5/c1-38-22-14-15-27(39-2)24(17-22)29(30(37)31-18-21-9-4-3-5-10-21)34(19-23-11-8-16-40-23)28(36)20-35-26-13-7-6-12-25(26)32-33-35/h3-7,9-10,12-15,17,23,29H,8,11,16,18-20H2,1-2H3,(H,31,37)/t23-,29-/m1/s1. The summed E-state index contributed by atoms with van der Waals surface area (Å²) < 4.78 is 18.6. The number of carbonyl (C=O) groups is 2. The second-order valence-corrected chi connectivity index (χ2v) is 9.63. The van der Waals surface area contributed by atoms with E-state index >= 15 is 0 Å². The van der Waals surface area contributed by atoms with E-state index in [9.17, 15) is 9.59 Å². The van der Waals surface area contributed by atoms with Gasteiger partial charge in [-0.15, -0.1) is 5.10 Å². The van der Waals surface area contributed by atoms with Crippen molar-refractivity contribution in [1.29, 1.82) is 0 Å². The molecule has 4 aromatic rings. The summed E-state index contributed by atoms with van der Waals surface area (Å²) in [5, 5.41) is 11.4. The Morgan fingerprint density at radius 3 is 2.62 bits per heavy atom. The van der Waals surface area contributed by atoms with Crippen LogP contribution in [0.5, 0.6) is 11.5 Å². The third kappa shape index (κ3) is 6.07. The highest BCUT2D eigenvalue weighted by Gasteiger charge is 2.36. The number of rotatable bonds is 11. The van der Waals surface area contributed by atoms with E-state index < -0.39 is 6.04 Å². The SMILES string of the molecule is COc1ccc(OC)c([C@H](C(=O)NCc2ccccc2)N(C[C@H]2CCCO2)C(=O)Cn2nnc3ccccc32)c1. The number of hydrogen-bond acceptors (Lipinski definition) is 7. The Labute approximate surface area is 232 Å². The molecule has 208 valence electrons. The highest BCUT2D eigenvalue weighted by atomic mass is 16.5. The van der Waals surface area contributed by atoms with Crippen LogP contribution in [-0.4, -0.2) is 65.2 Å². The number of ether oxygens (including phenoxy) is 3. The Morgan fingerprint density at radius 2 is 1.88 bits per heavy atom. The van der Waals surface area contributed by atoms with Crippen LogP contribution in [0.3, 0.4) is 0 Å². The van der Waals surface area contributed by atoms with Crippen molar-refractivity contribution < 1.29 is 23.8 Å². The third-order valence-electron chi connectivity index (χ3n) is 7.05. The van der Waals surface area contributed by atoms with E-state index in [-0.39, 0.29) is 31.0 Å². The van der Waals surface area contributed by atoms with E-state index in [4.69, 9.17) is 14.2 Å². The normalized spacial score (nSPS) is 15.5. The second kappa shape index (κ2) is 12.6. The van der Waals surface area contributed by atoms with Crippen LogP contribution in [0, 0.1) is 0 Å². The predicted octanol–water partition coefficient (Wildman–Crippen LogP) is 3.51. The van der Waals surface area contributed by atoms with Crippen LogP contribution in [0.25, 0.3) is 11.0 Å². The summed E-state index contributed by atoms with van der Waals surface area (Å²) in [6, 6.07) is 21.3. The fourth-order valence-electron chi connectivity index (χ4n) is 5.00. The average Bonchev–Trinajstić information content (AvgIpc) is 3.66. The summed E-state index contributed by atoms with van der Waals surface area (Å²) >= 11 is 0. The van der Waals surface area contributed by atoms with Gasteiger partial charge in [-0.2, -0.15) is 0 Å². The first-order valence-electron chi connectivity index (χ1n) is 13.3. The lowest BCUT2D eigenvalue weighted by Crippen LogP contribution is -2.47. The number of nitrogens with zero attached hydrogens (tertiary/aromatic N) is 4. The fourth-order valence-corrected chi connectivity index (χ4v) is 5.00. The molecule has 1 saturated heterocycles. The molecule has 10 heteroatoms. The molecule has 2 heterocycles. The monoisotopic (exact) mass is 543 g/mol. The summed E-state index contributed by atoms with van der Waals surface area (Å²) in [5.74, 6) is 0.376. The molecule has 0 saturated carbocycles. The number of hydrogen-bond donors (Lipinski definition) is 1. The van der Waals surface area contributed by atoms with Crippen LogP contribution in [0.2, 0.25) is 0 Å². The summed E-state index contributed by atoms with van der Waals surface area (Å²) in [6.07, 6.45) is 1.50. The molecular formula is C30H33N5O5. The maximum absolute atomic E-state index is 14.1. The van der Waals surface area contributed by atoms with Gasteiger partial charge < -0.3 is 24.4 Å². The molecule has 40 heavy (non-hydrogen) atoms. The predicted molar refractivity (Wildman–Crippen MR) is 149 cm³/mol. The lowest BCUT2D eigenvalue weighted by molar-refractivity contribution is -0.143. The van der Waals surface area contributed by atoms with Gasteiger partial charge in [-0.25, -0.2) is 4.68 Å². The number of methoxy groups -OCH3 is 2. The zero-order chi connectivity index (χ0) is 27.9. The zero-order valence-electron chi connectivity index (χ0n) is 22.7. The molecule has 1 aliphatic rings. The number of aromatic nitrogens is 3. The number of nitrogens with one attached hydrogen (secondary N) is 1. The van der Waals surface area contributed by atoms with E-state index in [1.807, 2.05) is 54.6 Å². The van der Waals surface area contributed by atoms with E-state index in [1.165, 1.54) is 7.11 Å². The Morgan fingerprint density at radius 1 is 1.07 bits per heavy atom. The van der Waals surface area contributed by atoms with Gasteiger partial charge in [-0.05, 0) is 48.7 Å². The van der Waals surface area contributed by atoms with Crippen LogP contribution >= 0.6 is 0 Å². The molecule has 2 atom stereocenters. The van der Waals surface area contributed by atoms with Gasteiger partial charge in [-0.3, -0.25) is 9.59 Å². The van der Waals surface area contributed by atoms with Gasteiger partial charge in [0.25, 0.3) is 0 Å². The van der Waals surface area contributed by atoms with Gasteiger partial charge in [0.15, 0.2) is 0 Å². The highest BCUT2D eigenvalue weighted by molar-refractivity contribution is 5.90. The van der Waals surface area contributed by atoms with Crippen molar-refractivity contribution in [2.24, 2.45) is 0 Å². The van der Waals surface area contributed by atoms with Gasteiger partial charge in [0.05, 0.1) is 25.8 Å². The van der Waals surface area contributed by atoms with E-state index in [0.29, 0.717) is 35.7 Å². The molecule has 5 rings (SSSR count). The average molecular weight is 544 g/mol. The minimum atomic E-state index is -1.01. The van der Waals surface area contributed by atoms with Crippen LogP contribution < -0.4 is 14.8 Å². The van der Waals surface area contributed by atoms with Gasteiger partial charge in [0.2, 0.25) is 11.8 Å². The summed E-state index contributed by atoms with van der Waals surface area (Å²) in [4.78, 5) is 29.7. The largest absolute Gasteiger partial charge is 0.497 e. The molecule has 2 amide bonds. The molecule has 0 radical (unpaired) electrons. The van der Waals surface area contributed by atoms with Gasteiger partial charge in [0, 0.05) is 25.3 Å². The van der Waals surface area contributed by atoms with Crippen molar-refractivity contribution in [1.82, 2.24) is 25.2 Å². The maximum Gasteiger partial charge on any atom is 0.247 e. The summed E-state index contributed by atoms with van der Waals surface area (Å²) in [6.45, 7) is 1.06. The fraction of sp³-hybridized carbons (Fsp3) is 0.333. The van der Waals surface area contributed by atoms with Crippen molar-refractivity contribution in [2.75, 3.05) is 27.4 Å². The number of benzene rings is 3. The molecule has 0 bridgehead atoms. The van der Waals surface area contributed by atoms with Crippen LogP contribution in [0.1, 0.15) is 30.0 Å². The molecule has 0 aliphatic carbocycles. The Kier molecular flexibility index (Phi) is 8.56. The molecular weight excluding hydrogens is 510 g/mol. The van der Waals surface area contributed by atoms with Crippen molar-refractivity contribution in [3.05, 3.63) is 83.9 Å². The first kappa shape index (κ1) is 27.1.